The van der Waals surface area contributed by atoms with Crippen molar-refractivity contribution in [2.45, 2.75) is 25.4 Å². The molecule has 0 aliphatic carbocycles. The minimum Gasteiger partial charge on any atom is -0.384 e. The normalized spacial score (nSPS) is 23.9. The van der Waals surface area contributed by atoms with Gasteiger partial charge in [-0.15, -0.1) is 0 Å². The lowest BCUT2D eigenvalue weighted by atomic mass is 10.0. The highest BCUT2D eigenvalue weighted by atomic mass is 16.5. The zero-order chi connectivity index (χ0) is 19.7. The molecule has 1 atom stereocenters. The maximum Gasteiger partial charge on any atom is 0.270 e. The smallest absolute Gasteiger partial charge is 0.270 e. The van der Waals surface area contributed by atoms with Gasteiger partial charge in [-0.05, 0) is 45.0 Å². The molecule has 8 nitrogen and oxygen atoms in total. The zero-order valence-electron chi connectivity index (χ0n) is 16.1. The summed E-state index contributed by atoms with van der Waals surface area (Å²) in [5, 5.41) is 11.1. The number of aromatic nitrogens is 2. The van der Waals surface area contributed by atoms with Crippen LogP contribution in [0, 0.1) is 6.92 Å². The van der Waals surface area contributed by atoms with Gasteiger partial charge in [-0.1, -0.05) is 6.07 Å². The summed E-state index contributed by atoms with van der Waals surface area (Å²) in [4.78, 5) is 34.1. The van der Waals surface area contributed by atoms with Crippen LogP contribution in [0.25, 0.3) is 5.65 Å². The SMILES string of the molecule is Cc1cccc2ncc(C(=O)N3CCOC[C@](O)(CN4CCCC4)C3)c(=O)n12. The van der Waals surface area contributed by atoms with Crippen molar-refractivity contribution in [3.63, 3.8) is 0 Å². The summed E-state index contributed by atoms with van der Waals surface area (Å²) in [6.07, 6.45) is 3.58. The number of hydrogen-bond donors (Lipinski definition) is 1. The maximum atomic E-state index is 13.1. The molecule has 0 saturated carbocycles. The number of amides is 1. The van der Waals surface area contributed by atoms with Crippen LogP contribution in [-0.4, -0.2) is 81.7 Å². The standard InChI is InChI=1S/C20H26N4O4/c1-15-5-4-6-17-21-11-16(19(26)24(15)17)18(25)23-9-10-28-14-20(27,13-23)12-22-7-2-3-8-22/h4-6,11,27H,2-3,7-10,12-14H2,1H3/t20-/m0/s1. The van der Waals surface area contributed by atoms with Gasteiger partial charge in [0.1, 0.15) is 16.8 Å². The van der Waals surface area contributed by atoms with Crippen molar-refractivity contribution in [3.05, 3.63) is 46.0 Å². The van der Waals surface area contributed by atoms with Crippen molar-refractivity contribution in [2.24, 2.45) is 0 Å². The Morgan fingerprint density at radius 1 is 1.29 bits per heavy atom. The summed E-state index contributed by atoms with van der Waals surface area (Å²) in [5.41, 5.74) is -0.299. The van der Waals surface area contributed by atoms with E-state index in [-0.39, 0.29) is 24.3 Å². The van der Waals surface area contributed by atoms with Crippen molar-refractivity contribution in [1.29, 1.82) is 0 Å². The number of hydrogen-bond acceptors (Lipinski definition) is 6. The Labute approximate surface area is 163 Å². The Bertz CT molecular complexity index is 937. The second kappa shape index (κ2) is 7.62. The van der Waals surface area contributed by atoms with E-state index < -0.39 is 11.5 Å². The number of nitrogens with zero attached hydrogens (tertiary/aromatic N) is 4. The van der Waals surface area contributed by atoms with Gasteiger partial charge in [0.25, 0.3) is 11.5 Å². The Balaban J connectivity index is 1.61. The minimum absolute atomic E-state index is 0.0113. The van der Waals surface area contributed by atoms with E-state index in [1.807, 2.05) is 6.07 Å². The molecule has 4 rings (SSSR count). The van der Waals surface area contributed by atoms with Crippen LogP contribution >= 0.6 is 0 Å². The summed E-state index contributed by atoms with van der Waals surface area (Å²) >= 11 is 0. The first kappa shape index (κ1) is 19.0. The first-order valence-corrected chi connectivity index (χ1v) is 9.76. The number of fused-ring (bicyclic) bond motifs is 1. The van der Waals surface area contributed by atoms with E-state index in [2.05, 4.69) is 9.88 Å². The van der Waals surface area contributed by atoms with E-state index in [4.69, 9.17) is 4.74 Å². The van der Waals surface area contributed by atoms with Gasteiger partial charge < -0.3 is 19.6 Å². The number of carbonyl (C=O) groups excluding carboxylic acids is 1. The lowest BCUT2D eigenvalue weighted by Gasteiger charge is -2.33. The highest BCUT2D eigenvalue weighted by molar-refractivity contribution is 5.93. The number of pyridine rings is 1. The maximum absolute atomic E-state index is 13.1. The third kappa shape index (κ3) is 3.67. The molecule has 2 aliphatic heterocycles. The summed E-state index contributed by atoms with van der Waals surface area (Å²) in [5.74, 6) is -0.416. The van der Waals surface area contributed by atoms with Crippen molar-refractivity contribution >= 4 is 11.6 Å². The van der Waals surface area contributed by atoms with Crippen molar-refractivity contribution in [3.8, 4) is 0 Å². The molecule has 8 heteroatoms. The molecule has 0 aromatic carbocycles. The van der Waals surface area contributed by atoms with Gasteiger partial charge in [0.05, 0.1) is 19.8 Å². The molecule has 2 aromatic heterocycles. The van der Waals surface area contributed by atoms with Gasteiger partial charge >= 0.3 is 0 Å². The van der Waals surface area contributed by atoms with Crippen LogP contribution in [0.2, 0.25) is 0 Å². The number of carbonyl (C=O) groups is 1. The fourth-order valence-electron chi connectivity index (χ4n) is 4.13. The van der Waals surface area contributed by atoms with Crippen LogP contribution in [0.15, 0.2) is 29.2 Å². The molecule has 0 bridgehead atoms. The number of likely N-dealkylation sites (tertiary alicyclic amines) is 1. The van der Waals surface area contributed by atoms with Crippen LogP contribution < -0.4 is 5.56 Å². The molecule has 0 radical (unpaired) electrons. The van der Waals surface area contributed by atoms with Gasteiger partial charge in [0, 0.05) is 25.0 Å². The van der Waals surface area contributed by atoms with Gasteiger partial charge in [0.15, 0.2) is 0 Å². The highest BCUT2D eigenvalue weighted by Crippen LogP contribution is 2.19. The minimum atomic E-state index is -1.15. The molecule has 2 fully saturated rings. The first-order chi connectivity index (χ1) is 13.5. The predicted octanol–water partition coefficient (Wildman–Crippen LogP) is 0.302. The largest absolute Gasteiger partial charge is 0.384 e. The monoisotopic (exact) mass is 386 g/mol. The second-order valence-corrected chi connectivity index (χ2v) is 7.82. The van der Waals surface area contributed by atoms with Gasteiger partial charge in [-0.25, -0.2) is 4.98 Å². The van der Waals surface area contributed by atoms with E-state index in [0.717, 1.165) is 31.6 Å². The van der Waals surface area contributed by atoms with Crippen LogP contribution in [-0.2, 0) is 4.74 Å². The van der Waals surface area contributed by atoms with Gasteiger partial charge in [-0.2, -0.15) is 0 Å². The Morgan fingerprint density at radius 3 is 2.86 bits per heavy atom. The quantitative estimate of drug-likeness (QED) is 0.817. The van der Waals surface area contributed by atoms with Crippen LogP contribution in [0.5, 0.6) is 0 Å². The van der Waals surface area contributed by atoms with Gasteiger partial charge in [0.2, 0.25) is 0 Å². The molecule has 2 aromatic rings. The molecule has 0 unspecified atom stereocenters. The number of β-amino-alcohol motifs (C(OH)–C–C–N with tert-alkyl or cyclic N) is 1. The molecule has 0 spiro atoms. The zero-order valence-corrected chi connectivity index (χ0v) is 16.1. The molecular formula is C20H26N4O4. The Morgan fingerprint density at radius 2 is 2.07 bits per heavy atom. The molecule has 2 aliphatic rings. The summed E-state index contributed by atoms with van der Waals surface area (Å²) in [7, 11) is 0. The topological polar surface area (TPSA) is 87.4 Å². The van der Waals surface area contributed by atoms with Crippen LogP contribution in [0.3, 0.4) is 0 Å². The summed E-state index contributed by atoms with van der Waals surface area (Å²) in [6, 6.07) is 5.36. The average molecular weight is 386 g/mol. The van der Waals surface area contributed by atoms with Crippen molar-refractivity contribution < 1.29 is 14.6 Å². The van der Waals surface area contributed by atoms with Crippen molar-refractivity contribution in [1.82, 2.24) is 19.2 Å². The number of aryl methyl sites for hydroxylation is 1. The highest BCUT2D eigenvalue weighted by Gasteiger charge is 2.37. The Hall–Kier alpha value is -2.29. The third-order valence-corrected chi connectivity index (χ3v) is 5.52. The average Bonchev–Trinajstić information content (AvgIpc) is 3.08. The van der Waals surface area contributed by atoms with Gasteiger partial charge in [-0.3, -0.25) is 14.0 Å². The third-order valence-electron chi connectivity index (χ3n) is 5.52. The van der Waals surface area contributed by atoms with E-state index in [1.54, 1.807) is 19.1 Å². The Kier molecular flexibility index (Phi) is 5.18. The summed E-state index contributed by atoms with van der Waals surface area (Å²) in [6.45, 7) is 5.15. The second-order valence-electron chi connectivity index (χ2n) is 7.82. The van der Waals surface area contributed by atoms with E-state index in [0.29, 0.717) is 25.3 Å². The lowest BCUT2D eigenvalue weighted by Crippen LogP contribution is -2.53. The number of rotatable bonds is 3. The molecule has 4 heterocycles. The van der Waals surface area contributed by atoms with E-state index >= 15 is 0 Å². The lowest BCUT2D eigenvalue weighted by molar-refractivity contribution is -0.0524. The molecule has 150 valence electrons. The number of aliphatic hydroxyl groups is 1. The fourth-order valence-corrected chi connectivity index (χ4v) is 4.13. The molecular weight excluding hydrogens is 360 g/mol. The van der Waals surface area contributed by atoms with E-state index in [9.17, 15) is 14.7 Å². The van der Waals surface area contributed by atoms with Crippen molar-refractivity contribution in [2.75, 3.05) is 45.9 Å². The molecule has 1 N–H and O–H groups in total. The molecule has 2 saturated heterocycles. The number of ether oxygens (including phenoxy) is 1. The van der Waals surface area contributed by atoms with E-state index in [1.165, 1.54) is 15.5 Å². The predicted molar refractivity (Wildman–Crippen MR) is 104 cm³/mol. The first-order valence-electron chi connectivity index (χ1n) is 9.76. The summed E-state index contributed by atoms with van der Waals surface area (Å²) < 4.78 is 7.03. The van der Waals surface area contributed by atoms with Crippen LogP contribution in [0.1, 0.15) is 28.9 Å². The molecule has 1 amide bonds. The fraction of sp³-hybridized carbons (Fsp3) is 0.550. The molecule has 28 heavy (non-hydrogen) atoms. The van der Waals surface area contributed by atoms with Crippen LogP contribution in [0.4, 0.5) is 0 Å².